The van der Waals surface area contributed by atoms with Gasteiger partial charge in [-0.1, -0.05) is 19.1 Å². The number of halogens is 3. The van der Waals surface area contributed by atoms with Gasteiger partial charge >= 0.3 is 6.18 Å². The van der Waals surface area contributed by atoms with Gasteiger partial charge in [-0.15, -0.1) is 0 Å². The van der Waals surface area contributed by atoms with Crippen molar-refractivity contribution in [3.63, 3.8) is 0 Å². The van der Waals surface area contributed by atoms with Crippen molar-refractivity contribution in [1.29, 1.82) is 0 Å². The number of anilines is 1. The van der Waals surface area contributed by atoms with Crippen LogP contribution in [0, 0.1) is 12.1 Å². The second-order valence-electron chi connectivity index (χ2n) is 6.84. The lowest BCUT2D eigenvalue weighted by molar-refractivity contribution is -0.613. The van der Waals surface area contributed by atoms with Crippen LogP contribution in [0.3, 0.4) is 0 Å². The standard InChI is InChI=1S/C19H20F3N5O4S/c1-3-10-23-32(29,30)26-17-18(25-15-7-5-4-6-14(15)24-17)31-16(19(20,21)22)13-9-8-12(2)27(28)11-13/h4-9,11,16,23H,3,10H2,1-2H3,(H,24,26)/t16-/m1/s1. The molecule has 0 saturated heterocycles. The number of nitrogens with zero attached hydrogens (tertiary/aromatic N) is 3. The van der Waals surface area contributed by atoms with Crippen molar-refractivity contribution in [2.75, 3.05) is 11.3 Å². The Hall–Kier alpha value is -3.19. The molecule has 0 saturated carbocycles. The minimum atomic E-state index is -4.94. The molecular formula is C19H20F3N5O4S. The average Bonchev–Trinajstić information content (AvgIpc) is 2.71. The summed E-state index contributed by atoms with van der Waals surface area (Å²) in [5.74, 6) is -1.21. The fourth-order valence-corrected chi connectivity index (χ4v) is 3.63. The van der Waals surface area contributed by atoms with Crippen molar-refractivity contribution < 1.29 is 31.1 Å². The third-order valence-corrected chi connectivity index (χ3v) is 5.32. The van der Waals surface area contributed by atoms with Gasteiger partial charge in [0.25, 0.3) is 16.1 Å². The molecule has 3 rings (SSSR count). The monoisotopic (exact) mass is 471 g/mol. The molecule has 1 atom stereocenters. The van der Waals surface area contributed by atoms with Crippen molar-refractivity contribution in [3.8, 4) is 5.88 Å². The van der Waals surface area contributed by atoms with Crippen LogP contribution in [0.25, 0.3) is 11.0 Å². The van der Waals surface area contributed by atoms with Crippen LogP contribution in [-0.4, -0.2) is 31.1 Å². The fraction of sp³-hybridized carbons (Fsp3) is 0.316. The van der Waals surface area contributed by atoms with Crippen molar-refractivity contribution in [2.24, 2.45) is 0 Å². The first-order valence-electron chi connectivity index (χ1n) is 9.47. The molecule has 0 spiro atoms. The highest BCUT2D eigenvalue weighted by Crippen LogP contribution is 2.38. The number of hydrogen-bond acceptors (Lipinski definition) is 6. The van der Waals surface area contributed by atoms with Crippen molar-refractivity contribution >= 4 is 27.1 Å². The molecule has 0 bridgehead atoms. The van der Waals surface area contributed by atoms with E-state index in [0.717, 1.165) is 12.3 Å². The van der Waals surface area contributed by atoms with Crippen LogP contribution in [0.15, 0.2) is 42.6 Å². The van der Waals surface area contributed by atoms with E-state index in [9.17, 15) is 26.8 Å². The van der Waals surface area contributed by atoms with Crippen LogP contribution in [-0.2, 0) is 10.2 Å². The summed E-state index contributed by atoms with van der Waals surface area (Å²) in [5, 5.41) is 11.8. The Labute approximate surface area is 182 Å². The van der Waals surface area contributed by atoms with E-state index in [1.807, 2.05) is 0 Å². The summed E-state index contributed by atoms with van der Waals surface area (Å²) in [5.41, 5.74) is 0.140. The zero-order valence-corrected chi connectivity index (χ0v) is 17.9. The summed E-state index contributed by atoms with van der Waals surface area (Å²) < 4.78 is 75.8. The highest BCUT2D eigenvalue weighted by atomic mass is 32.2. The number of rotatable bonds is 8. The number of pyridine rings is 1. The fourth-order valence-electron chi connectivity index (χ4n) is 2.69. The van der Waals surface area contributed by atoms with Crippen LogP contribution < -0.4 is 18.9 Å². The maximum atomic E-state index is 13.8. The summed E-state index contributed by atoms with van der Waals surface area (Å²) in [4.78, 5) is 8.11. The first-order valence-corrected chi connectivity index (χ1v) is 11.0. The van der Waals surface area contributed by atoms with E-state index in [1.165, 1.54) is 25.1 Å². The molecule has 1 aromatic carbocycles. The lowest BCUT2D eigenvalue weighted by Crippen LogP contribution is -2.34. The average molecular weight is 471 g/mol. The predicted octanol–water partition coefficient (Wildman–Crippen LogP) is 2.91. The predicted molar refractivity (Wildman–Crippen MR) is 110 cm³/mol. The van der Waals surface area contributed by atoms with Crippen LogP contribution in [0.1, 0.15) is 30.7 Å². The summed E-state index contributed by atoms with van der Waals surface area (Å²) in [6.45, 7) is 3.28. The Morgan fingerprint density at radius 3 is 2.41 bits per heavy atom. The molecule has 0 aliphatic heterocycles. The van der Waals surface area contributed by atoms with Gasteiger partial charge in [-0.25, -0.2) is 9.97 Å². The molecule has 9 nitrogen and oxygen atoms in total. The second kappa shape index (κ2) is 9.12. The van der Waals surface area contributed by atoms with E-state index in [0.29, 0.717) is 6.42 Å². The zero-order chi connectivity index (χ0) is 23.5. The van der Waals surface area contributed by atoms with Crippen LogP contribution in [0.5, 0.6) is 5.88 Å². The number of nitrogens with one attached hydrogen (secondary N) is 2. The Balaban J connectivity index is 2.08. The lowest BCUT2D eigenvalue weighted by atomic mass is 10.1. The number of para-hydroxylation sites is 2. The van der Waals surface area contributed by atoms with Crippen molar-refractivity contribution in [2.45, 2.75) is 32.5 Å². The van der Waals surface area contributed by atoms with Gasteiger partial charge in [-0.05, 0) is 24.6 Å². The Morgan fingerprint density at radius 2 is 1.81 bits per heavy atom. The number of aromatic nitrogens is 3. The molecule has 0 aliphatic rings. The van der Waals surface area contributed by atoms with Gasteiger partial charge in [0.2, 0.25) is 11.9 Å². The summed E-state index contributed by atoms with van der Waals surface area (Å²) in [7, 11) is -4.15. The highest BCUT2D eigenvalue weighted by Gasteiger charge is 2.45. The summed E-state index contributed by atoms with van der Waals surface area (Å²) in [6.07, 6.45) is -6.29. The van der Waals surface area contributed by atoms with Crippen molar-refractivity contribution in [1.82, 2.24) is 14.7 Å². The molecule has 2 heterocycles. The number of alkyl halides is 3. The van der Waals surface area contributed by atoms with Gasteiger partial charge in [0.05, 0.1) is 16.6 Å². The molecule has 2 N–H and O–H groups in total. The van der Waals surface area contributed by atoms with Gasteiger partial charge in [0.1, 0.15) is 0 Å². The maximum absolute atomic E-state index is 13.8. The summed E-state index contributed by atoms with van der Waals surface area (Å²) >= 11 is 0. The summed E-state index contributed by atoms with van der Waals surface area (Å²) in [6, 6.07) is 8.53. The molecule has 0 unspecified atom stereocenters. The SMILES string of the molecule is CCCNS(=O)(=O)Nc1nc2ccccc2nc1O[C@H](c1ccc(C)[n+]([O-])c1)C(F)(F)F. The van der Waals surface area contributed by atoms with Crippen LogP contribution >= 0.6 is 0 Å². The topological polar surface area (TPSA) is 120 Å². The van der Waals surface area contributed by atoms with Gasteiger partial charge < -0.3 is 9.94 Å². The first-order chi connectivity index (χ1) is 15.0. The van der Waals surface area contributed by atoms with Crippen molar-refractivity contribution in [3.05, 3.63) is 59.1 Å². The van der Waals surface area contributed by atoms with Crippen LogP contribution in [0.4, 0.5) is 19.0 Å². The van der Waals surface area contributed by atoms with E-state index in [4.69, 9.17) is 4.74 Å². The Bertz CT molecular complexity index is 1220. The number of ether oxygens (including phenoxy) is 1. The third-order valence-electron chi connectivity index (χ3n) is 4.27. The van der Waals surface area contributed by atoms with E-state index < -0.39 is 39.8 Å². The normalized spacial score (nSPS) is 13.2. The quantitative estimate of drug-likeness (QED) is 0.385. The molecule has 3 aromatic rings. The molecule has 2 aromatic heterocycles. The molecule has 0 radical (unpaired) electrons. The largest absolute Gasteiger partial charge is 0.618 e. The van der Waals surface area contributed by atoms with E-state index in [2.05, 4.69) is 19.4 Å². The number of hydrogen-bond donors (Lipinski definition) is 2. The third kappa shape index (κ3) is 5.53. The molecule has 0 fully saturated rings. The smallest absolute Gasteiger partial charge is 0.430 e. The number of aryl methyl sites for hydroxylation is 1. The molecule has 172 valence electrons. The number of fused-ring (bicyclic) bond motifs is 1. The number of benzene rings is 1. The minimum Gasteiger partial charge on any atom is -0.618 e. The molecule has 0 amide bonds. The van der Waals surface area contributed by atoms with Gasteiger partial charge in [0, 0.05) is 19.5 Å². The zero-order valence-electron chi connectivity index (χ0n) is 17.0. The molecular weight excluding hydrogens is 451 g/mol. The van der Waals surface area contributed by atoms with Crippen LogP contribution in [0.2, 0.25) is 0 Å². The first kappa shape index (κ1) is 23.5. The molecule has 32 heavy (non-hydrogen) atoms. The lowest BCUT2D eigenvalue weighted by Gasteiger charge is -2.22. The second-order valence-corrected chi connectivity index (χ2v) is 8.33. The van der Waals surface area contributed by atoms with Gasteiger partial charge in [-0.3, -0.25) is 4.72 Å². The minimum absolute atomic E-state index is 0.102. The van der Waals surface area contributed by atoms with Gasteiger partial charge in [0.15, 0.2) is 11.9 Å². The Kier molecular flexibility index (Phi) is 6.69. The Morgan fingerprint density at radius 1 is 1.16 bits per heavy atom. The van der Waals surface area contributed by atoms with Gasteiger partial charge in [-0.2, -0.15) is 31.0 Å². The van der Waals surface area contributed by atoms with E-state index >= 15 is 0 Å². The van der Waals surface area contributed by atoms with E-state index in [-0.39, 0.29) is 28.0 Å². The van der Waals surface area contributed by atoms with E-state index in [1.54, 1.807) is 19.1 Å². The molecule has 13 heteroatoms. The molecule has 0 aliphatic carbocycles. The maximum Gasteiger partial charge on any atom is 0.430 e. The highest BCUT2D eigenvalue weighted by molar-refractivity contribution is 7.90.